The van der Waals surface area contributed by atoms with Gasteiger partial charge in [-0.2, -0.15) is 0 Å². The average molecular weight is 331 g/mol. The number of carbonyl (C=O) groups excluding carboxylic acids is 2. The van der Waals surface area contributed by atoms with E-state index in [2.05, 4.69) is 20.3 Å². The van der Waals surface area contributed by atoms with Gasteiger partial charge >= 0.3 is 0 Å². The van der Waals surface area contributed by atoms with Crippen LogP contribution in [0.15, 0.2) is 24.5 Å². The van der Waals surface area contributed by atoms with Crippen LogP contribution >= 0.6 is 11.6 Å². The van der Waals surface area contributed by atoms with E-state index in [-0.39, 0.29) is 28.7 Å². The summed E-state index contributed by atoms with van der Waals surface area (Å²) in [4.78, 5) is 36.5. The van der Waals surface area contributed by atoms with Crippen LogP contribution in [-0.2, 0) is 4.79 Å². The van der Waals surface area contributed by atoms with E-state index < -0.39 is 0 Å². The molecule has 1 N–H and O–H groups in total. The number of nitrogens with one attached hydrogen (secondary N) is 1. The molecular formula is C16H15ClN4O2. The number of aryl methyl sites for hydroxylation is 1. The standard InChI is InChI=1S/C16H15ClN4O2/c1-8-3-4-18-15(20-8)10-5-11(10)16(23)21-13-6-14(17)19-7-12(13)9(2)22/h3-4,6-7,10-11H,5H2,1-2H3,(H,19,21,23). The zero-order valence-electron chi connectivity index (χ0n) is 12.7. The number of amides is 1. The maximum absolute atomic E-state index is 12.4. The molecule has 1 saturated carbocycles. The summed E-state index contributed by atoms with van der Waals surface area (Å²) in [6.45, 7) is 3.31. The fraction of sp³-hybridized carbons (Fsp3) is 0.312. The Labute approximate surface area is 138 Å². The van der Waals surface area contributed by atoms with Gasteiger partial charge < -0.3 is 5.32 Å². The average Bonchev–Trinajstić information content (AvgIpc) is 3.27. The number of pyridine rings is 1. The number of rotatable bonds is 4. The Balaban J connectivity index is 1.74. The molecule has 2 unspecified atom stereocenters. The lowest BCUT2D eigenvalue weighted by Gasteiger charge is -2.09. The van der Waals surface area contributed by atoms with Crippen molar-refractivity contribution in [3.63, 3.8) is 0 Å². The van der Waals surface area contributed by atoms with Crippen molar-refractivity contribution in [2.75, 3.05) is 5.32 Å². The van der Waals surface area contributed by atoms with Crippen molar-refractivity contribution < 1.29 is 9.59 Å². The summed E-state index contributed by atoms with van der Waals surface area (Å²) < 4.78 is 0. The maximum Gasteiger partial charge on any atom is 0.228 e. The van der Waals surface area contributed by atoms with Gasteiger partial charge in [-0.1, -0.05) is 11.6 Å². The van der Waals surface area contributed by atoms with Gasteiger partial charge in [-0.3, -0.25) is 9.59 Å². The topological polar surface area (TPSA) is 84.8 Å². The molecule has 23 heavy (non-hydrogen) atoms. The lowest BCUT2D eigenvalue weighted by atomic mass is 10.1. The predicted octanol–water partition coefficient (Wildman–Crippen LogP) is 2.78. The lowest BCUT2D eigenvalue weighted by molar-refractivity contribution is -0.117. The largest absolute Gasteiger partial charge is 0.325 e. The Hall–Kier alpha value is -2.34. The van der Waals surface area contributed by atoms with Gasteiger partial charge in [-0.15, -0.1) is 0 Å². The van der Waals surface area contributed by atoms with Gasteiger partial charge in [0.15, 0.2) is 5.78 Å². The fourth-order valence-electron chi connectivity index (χ4n) is 2.46. The summed E-state index contributed by atoms with van der Waals surface area (Å²) in [5.41, 5.74) is 1.60. The Morgan fingerprint density at radius 3 is 2.83 bits per heavy atom. The highest BCUT2D eigenvalue weighted by Crippen LogP contribution is 2.46. The fourth-order valence-corrected chi connectivity index (χ4v) is 2.61. The van der Waals surface area contributed by atoms with Crippen LogP contribution in [0.5, 0.6) is 0 Å². The summed E-state index contributed by atoms with van der Waals surface area (Å²) >= 11 is 5.85. The summed E-state index contributed by atoms with van der Waals surface area (Å²) in [5.74, 6) is 0.171. The molecule has 0 aliphatic heterocycles. The zero-order valence-corrected chi connectivity index (χ0v) is 13.5. The third kappa shape index (κ3) is 3.37. The third-order valence-corrected chi connectivity index (χ3v) is 3.99. The number of carbonyl (C=O) groups is 2. The zero-order chi connectivity index (χ0) is 16.6. The van der Waals surface area contributed by atoms with E-state index in [4.69, 9.17) is 11.6 Å². The molecule has 7 heteroatoms. The van der Waals surface area contributed by atoms with E-state index in [1.807, 2.05) is 13.0 Å². The number of aromatic nitrogens is 3. The molecule has 1 aliphatic rings. The van der Waals surface area contributed by atoms with E-state index in [0.29, 0.717) is 23.5 Å². The number of Topliss-reactive ketones (excluding diaryl/α,β-unsaturated/α-hetero) is 1. The van der Waals surface area contributed by atoms with Gasteiger partial charge in [0.1, 0.15) is 11.0 Å². The summed E-state index contributed by atoms with van der Waals surface area (Å²) in [5, 5.41) is 2.99. The molecule has 1 aliphatic carbocycles. The van der Waals surface area contributed by atoms with E-state index in [0.717, 1.165) is 5.69 Å². The summed E-state index contributed by atoms with van der Waals surface area (Å²) in [7, 11) is 0. The molecule has 0 aromatic carbocycles. The van der Waals surface area contributed by atoms with Crippen LogP contribution in [0.25, 0.3) is 0 Å². The minimum Gasteiger partial charge on any atom is -0.325 e. The number of hydrogen-bond acceptors (Lipinski definition) is 5. The van der Waals surface area contributed by atoms with Gasteiger partial charge in [0.05, 0.1) is 11.3 Å². The van der Waals surface area contributed by atoms with Gasteiger partial charge in [-0.05, 0) is 32.4 Å². The minimum absolute atomic E-state index is 0.0213. The van der Waals surface area contributed by atoms with Crippen molar-refractivity contribution in [2.45, 2.75) is 26.2 Å². The highest BCUT2D eigenvalue weighted by atomic mass is 35.5. The van der Waals surface area contributed by atoms with Gasteiger partial charge in [-0.25, -0.2) is 15.0 Å². The second-order valence-corrected chi connectivity index (χ2v) is 5.99. The lowest BCUT2D eigenvalue weighted by Crippen LogP contribution is -2.17. The number of hydrogen-bond donors (Lipinski definition) is 1. The third-order valence-electron chi connectivity index (χ3n) is 3.78. The first-order valence-electron chi connectivity index (χ1n) is 7.22. The van der Waals surface area contributed by atoms with Crippen LogP contribution in [0.1, 0.15) is 41.1 Å². The predicted molar refractivity (Wildman–Crippen MR) is 85.5 cm³/mol. The Morgan fingerprint density at radius 2 is 2.13 bits per heavy atom. The first kappa shape index (κ1) is 15.6. The number of halogens is 1. The van der Waals surface area contributed by atoms with Crippen LogP contribution in [0, 0.1) is 12.8 Å². The Bertz CT molecular complexity index is 793. The second kappa shape index (κ2) is 6.04. The molecule has 2 aromatic rings. The first-order chi connectivity index (χ1) is 11.0. The van der Waals surface area contributed by atoms with Crippen LogP contribution in [0.3, 0.4) is 0 Å². The maximum atomic E-state index is 12.4. The summed E-state index contributed by atoms with van der Waals surface area (Å²) in [6.07, 6.45) is 3.76. The highest BCUT2D eigenvalue weighted by Gasteiger charge is 2.46. The van der Waals surface area contributed by atoms with Crippen LogP contribution in [0.4, 0.5) is 5.69 Å². The van der Waals surface area contributed by atoms with Crippen LogP contribution in [0.2, 0.25) is 5.15 Å². The molecule has 1 fully saturated rings. The van der Waals surface area contributed by atoms with Crippen LogP contribution in [-0.4, -0.2) is 26.6 Å². The highest BCUT2D eigenvalue weighted by molar-refractivity contribution is 6.30. The smallest absolute Gasteiger partial charge is 0.228 e. The van der Waals surface area contributed by atoms with Crippen LogP contribution < -0.4 is 5.32 Å². The molecule has 0 radical (unpaired) electrons. The van der Waals surface area contributed by atoms with E-state index in [1.165, 1.54) is 19.2 Å². The molecule has 1 amide bonds. The normalized spacial score (nSPS) is 19.3. The molecule has 118 valence electrons. The van der Waals surface area contributed by atoms with Crippen molar-refractivity contribution in [1.29, 1.82) is 0 Å². The van der Waals surface area contributed by atoms with E-state index >= 15 is 0 Å². The molecular weight excluding hydrogens is 316 g/mol. The van der Waals surface area contributed by atoms with Crippen molar-refractivity contribution in [1.82, 2.24) is 15.0 Å². The van der Waals surface area contributed by atoms with Crippen molar-refractivity contribution >= 4 is 29.0 Å². The van der Waals surface area contributed by atoms with Gasteiger partial charge in [0, 0.05) is 29.9 Å². The molecule has 0 spiro atoms. The molecule has 6 nitrogen and oxygen atoms in total. The number of nitrogens with zero attached hydrogens (tertiary/aromatic N) is 3. The van der Waals surface area contributed by atoms with Crippen molar-refractivity contribution in [3.05, 3.63) is 46.8 Å². The first-order valence-corrected chi connectivity index (χ1v) is 7.60. The summed E-state index contributed by atoms with van der Waals surface area (Å²) in [6, 6.07) is 3.30. The quantitative estimate of drug-likeness (QED) is 0.688. The second-order valence-electron chi connectivity index (χ2n) is 5.60. The van der Waals surface area contributed by atoms with E-state index in [1.54, 1.807) is 6.20 Å². The number of anilines is 1. The molecule has 3 rings (SSSR count). The van der Waals surface area contributed by atoms with Crippen molar-refractivity contribution in [2.24, 2.45) is 5.92 Å². The van der Waals surface area contributed by atoms with Crippen molar-refractivity contribution in [3.8, 4) is 0 Å². The SMILES string of the molecule is CC(=O)c1cnc(Cl)cc1NC(=O)C1CC1c1nccc(C)n1. The molecule has 2 heterocycles. The van der Waals surface area contributed by atoms with Gasteiger partial charge in [0.2, 0.25) is 5.91 Å². The Kier molecular flexibility index (Phi) is 4.09. The molecule has 0 saturated heterocycles. The van der Waals surface area contributed by atoms with Gasteiger partial charge in [0.25, 0.3) is 0 Å². The monoisotopic (exact) mass is 330 g/mol. The molecule has 2 atom stereocenters. The van der Waals surface area contributed by atoms with E-state index in [9.17, 15) is 9.59 Å². The molecule has 0 bridgehead atoms. The Morgan fingerprint density at radius 1 is 1.35 bits per heavy atom. The number of ketones is 1. The molecule has 2 aromatic heterocycles. The minimum atomic E-state index is -0.191.